The summed E-state index contributed by atoms with van der Waals surface area (Å²) in [6, 6.07) is 13.0. The molecule has 0 unspecified atom stereocenters. The fourth-order valence-electron chi connectivity index (χ4n) is 2.35. The number of nitrogens with one attached hydrogen (secondary N) is 1. The van der Waals surface area contributed by atoms with Gasteiger partial charge < -0.3 is 4.74 Å². The standard InChI is InChI=1S/C20H17BrN2O3S/c1-12-6-7-15(8-13(12)2)19(25)26-10-18(24)23-20-22-17(11-27-20)14-4-3-5-16(21)9-14/h3-9,11H,10H2,1-2H3,(H,22,23,24). The zero-order valence-corrected chi connectivity index (χ0v) is 17.2. The number of thiazole rings is 1. The van der Waals surface area contributed by atoms with E-state index in [1.54, 1.807) is 12.1 Å². The van der Waals surface area contributed by atoms with Crippen molar-refractivity contribution < 1.29 is 14.3 Å². The van der Waals surface area contributed by atoms with Crippen molar-refractivity contribution in [3.8, 4) is 11.3 Å². The predicted molar refractivity (Wildman–Crippen MR) is 110 cm³/mol. The Hall–Kier alpha value is -2.51. The maximum atomic E-state index is 12.1. The summed E-state index contributed by atoms with van der Waals surface area (Å²) in [4.78, 5) is 28.5. The Balaban J connectivity index is 1.56. The number of ether oxygens (including phenoxy) is 1. The lowest BCUT2D eigenvalue weighted by molar-refractivity contribution is -0.119. The van der Waals surface area contributed by atoms with Gasteiger partial charge in [0.2, 0.25) is 0 Å². The van der Waals surface area contributed by atoms with Gasteiger partial charge >= 0.3 is 5.97 Å². The molecule has 1 amide bonds. The highest BCUT2D eigenvalue weighted by Crippen LogP contribution is 2.26. The fraction of sp³-hybridized carbons (Fsp3) is 0.150. The Bertz CT molecular complexity index is 1000. The second-order valence-electron chi connectivity index (χ2n) is 5.97. The number of anilines is 1. The number of aromatic nitrogens is 1. The van der Waals surface area contributed by atoms with E-state index in [0.29, 0.717) is 10.7 Å². The minimum Gasteiger partial charge on any atom is -0.452 e. The number of hydrogen-bond donors (Lipinski definition) is 1. The van der Waals surface area contributed by atoms with E-state index in [-0.39, 0.29) is 6.61 Å². The normalized spacial score (nSPS) is 10.5. The molecule has 1 heterocycles. The number of esters is 1. The van der Waals surface area contributed by atoms with Crippen LogP contribution in [-0.4, -0.2) is 23.5 Å². The summed E-state index contributed by atoms with van der Waals surface area (Å²) in [7, 11) is 0. The van der Waals surface area contributed by atoms with Crippen LogP contribution < -0.4 is 5.32 Å². The molecule has 3 rings (SSSR count). The van der Waals surface area contributed by atoms with Gasteiger partial charge in [-0.1, -0.05) is 34.1 Å². The van der Waals surface area contributed by atoms with Crippen LogP contribution in [0.1, 0.15) is 21.5 Å². The van der Waals surface area contributed by atoms with Crippen molar-refractivity contribution in [1.29, 1.82) is 0 Å². The van der Waals surface area contributed by atoms with Crippen molar-refractivity contribution >= 4 is 44.3 Å². The maximum Gasteiger partial charge on any atom is 0.338 e. The van der Waals surface area contributed by atoms with Crippen LogP contribution in [0, 0.1) is 13.8 Å². The van der Waals surface area contributed by atoms with Crippen molar-refractivity contribution in [3.05, 3.63) is 69.0 Å². The van der Waals surface area contributed by atoms with Crippen molar-refractivity contribution in [1.82, 2.24) is 4.98 Å². The summed E-state index contributed by atoms with van der Waals surface area (Å²) in [5.41, 5.74) is 4.23. The molecule has 0 saturated carbocycles. The number of hydrogen-bond acceptors (Lipinski definition) is 5. The molecule has 3 aromatic rings. The third-order valence-electron chi connectivity index (χ3n) is 3.95. The summed E-state index contributed by atoms with van der Waals surface area (Å²) in [5, 5.41) is 4.97. The van der Waals surface area contributed by atoms with E-state index in [0.717, 1.165) is 26.9 Å². The molecule has 0 aliphatic rings. The average molecular weight is 445 g/mol. The first kappa shape index (κ1) is 19.3. The summed E-state index contributed by atoms with van der Waals surface area (Å²) >= 11 is 4.74. The van der Waals surface area contributed by atoms with Gasteiger partial charge in [0.05, 0.1) is 11.3 Å². The number of benzene rings is 2. The Labute approximate surface area is 169 Å². The molecule has 0 saturated heterocycles. The zero-order chi connectivity index (χ0) is 19.4. The third-order valence-corrected chi connectivity index (χ3v) is 5.20. The first-order valence-corrected chi connectivity index (χ1v) is 9.85. The first-order valence-electron chi connectivity index (χ1n) is 8.18. The van der Waals surface area contributed by atoms with Crippen LogP contribution >= 0.6 is 27.3 Å². The number of nitrogens with zero attached hydrogens (tertiary/aromatic N) is 1. The monoisotopic (exact) mass is 444 g/mol. The van der Waals surface area contributed by atoms with Crippen LogP contribution in [0.4, 0.5) is 5.13 Å². The molecule has 1 N–H and O–H groups in total. The average Bonchev–Trinajstić information content (AvgIpc) is 3.10. The van der Waals surface area contributed by atoms with Gasteiger partial charge in [-0.3, -0.25) is 10.1 Å². The Morgan fingerprint density at radius 1 is 1.15 bits per heavy atom. The number of amides is 1. The molecule has 0 bridgehead atoms. The van der Waals surface area contributed by atoms with Crippen LogP contribution in [0.5, 0.6) is 0 Å². The maximum absolute atomic E-state index is 12.1. The van der Waals surface area contributed by atoms with Crippen molar-refractivity contribution in [3.63, 3.8) is 0 Å². The Kier molecular flexibility index (Phi) is 6.03. The molecule has 0 atom stereocenters. The predicted octanol–water partition coefficient (Wildman–Crippen LogP) is 4.98. The number of carbonyl (C=O) groups excluding carboxylic acids is 2. The smallest absolute Gasteiger partial charge is 0.338 e. The van der Waals surface area contributed by atoms with Gasteiger partial charge in [-0.2, -0.15) is 0 Å². The molecular formula is C20H17BrN2O3S. The van der Waals surface area contributed by atoms with E-state index in [4.69, 9.17) is 4.74 Å². The zero-order valence-electron chi connectivity index (χ0n) is 14.8. The molecule has 138 valence electrons. The van der Waals surface area contributed by atoms with Gasteiger partial charge in [-0.05, 0) is 49.2 Å². The van der Waals surface area contributed by atoms with Gasteiger partial charge in [-0.25, -0.2) is 9.78 Å². The van der Waals surface area contributed by atoms with Gasteiger partial charge in [-0.15, -0.1) is 11.3 Å². The number of aryl methyl sites for hydroxylation is 2. The van der Waals surface area contributed by atoms with Crippen LogP contribution in [0.3, 0.4) is 0 Å². The highest BCUT2D eigenvalue weighted by molar-refractivity contribution is 9.10. The SMILES string of the molecule is Cc1ccc(C(=O)OCC(=O)Nc2nc(-c3cccc(Br)c3)cs2)cc1C. The van der Waals surface area contributed by atoms with Gasteiger partial charge in [0.15, 0.2) is 11.7 Å². The summed E-state index contributed by atoms with van der Waals surface area (Å²) in [5.74, 6) is -0.954. The van der Waals surface area contributed by atoms with Crippen molar-refractivity contribution in [2.45, 2.75) is 13.8 Å². The topological polar surface area (TPSA) is 68.3 Å². The summed E-state index contributed by atoms with van der Waals surface area (Å²) in [6.45, 7) is 3.52. The lowest BCUT2D eigenvalue weighted by atomic mass is 10.1. The first-order chi connectivity index (χ1) is 12.9. The fourth-order valence-corrected chi connectivity index (χ4v) is 3.48. The van der Waals surface area contributed by atoms with Gasteiger partial charge in [0, 0.05) is 15.4 Å². The van der Waals surface area contributed by atoms with E-state index in [2.05, 4.69) is 26.2 Å². The molecule has 2 aromatic carbocycles. The Morgan fingerprint density at radius 2 is 1.96 bits per heavy atom. The molecule has 0 aliphatic carbocycles. The van der Waals surface area contributed by atoms with Crippen LogP contribution in [0.15, 0.2) is 52.3 Å². The molecular weight excluding hydrogens is 428 g/mol. The highest BCUT2D eigenvalue weighted by Gasteiger charge is 2.13. The number of halogens is 1. The quantitative estimate of drug-likeness (QED) is 0.563. The van der Waals surface area contributed by atoms with Crippen LogP contribution in [0.25, 0.3) is 11.3 Å². The van der Waals surface area contributed by atoms with E-state index >= 15 is 0 Å². The number of carbonyl (C=O) groups is 2. The molecule has 27 heavy (non-hydrogen) atoms. The van der Waals surface area contributed by atoms with Crippen molar-refractivity contribution in [2.24, 2.45) is 0 Å². The minimum atomic E-state index is -0.526. The van der Waals surface area contributed by atoms with Crippen molar-refractivity contribution in [2.75, 3.05) is 11.9 Å². The molecule has 7 heteroatoms. The van der Waals surface area contributed by atoms with E-state index < -0.39 is 11.9 Å². The van der Waals surface area contributed by atoms with E-state index in [1.807, 2.05) is 49.6 Å². The number of rotatable bonds is 5. The van der Waals surface area contributed by atoms with Crippen LogP contribution in [-0.2, 0) is 9.53 Å². The molecule has 0 spiro atoms. The summed E-state index contributed by atoms with van der Waals surface area (Å²) in [6.07, 6.45) is 0. The molecule has 0 fully saturated rings. The lowest BCUT2D eigenvalue weighted by Crippen LogP contribution is -2.20. The minimum absolute atomic E-state index is 0.364. The third kappa shape index (κ3) is 5.02. The largest absolute Gasteiger partial charge is 0.452 e. The van der Waals surface area contributed by atoms with Crippen LogP contribution in [0.2, 0.25) is 0 Å². The second kappa shape index (κ2) is 8.45. The summed E-state index contributed by atoms with van der Waals surface area (Å²) < 4.78 is 6.04. The van der Waals surface area contributed by atoms with Gasteiger partial charge in [0.25, 0.3) is 5.91 Å². The second-order valence-corrected chi connectivity index (χ2v) is 7.75. The van der Waals surface area contributed by atoms with E-state index in [1.165, 1.54) is 11.3 Å². The highest BCUT2D eigenvalue weighted by atomic mass is 79.9. The Morgan fingerprint density at radius 3 is 2.70 bits per heavy atom. The molecule has 0 radical (unpaired) electrons. The molecule has 0 aliphatic heterocycles. The van der Waals surface area contributed by atoms with Gasteiger partial charge in [0.1, 0.15) is 0 Å². The van der Waals surface area contributed by atoms with E-state index in [9.17, 15) is 9.59 Å². The molecule has 5 nitrogen and oxygen atoms in total. The lowest BCUT2D eigenvalue weighted by Gasteiger charge is -2.06. The molecule has 1 aromatic heterocycles.